The summed E-state index contributed by atoms with van der Waals surface area (Å²) in [6, 6.07) is 7.52. The lowest BCUT2D eigenvalue weighted by Crippen LogP contribution is -2.26. The third-order valence-corrected chi connectivity index (χ3v) is 2.93. The summed E-state index contributed by atoms with van der Waals surface area (Å²) in [5.74, 6) is 1.34. The molecule has 1 aromatic rings. The van der Waals surface area contributed by atoms with E-state index in [1.807, 2.05) is 24.3 Å². The van der Waals surface area contributed by atoms with E-state index in [9.17, 15) is 4.79 Å². The van der Waals surface area contributed by atoms with E-state index in [0.717, 1.165) is 23.8 Å². The molecule has 0 aromatic heterocycles. The second-order valence-electron chi connectivity index (χ2n) is 4.59. The van der Waals surface area contributed by atoms with Crippen molar-refractivity contribution in [3.05, 3.63) is 29.8 Å². The number of hydrogen-bond acceptors (Lipinski definition) is 4. The first-order chi connectivity index (χ1) is 8.78. The van der Waals surface area contributed by atoms with Gasteiger partial charge < -0.3 is 14.8 Å². The molecular formula is C14H19NO3. The smallest absolute Gasteiger partial charge is 0.320 e. The largest absolute Gasteiger partial charge is 0.497 e. The van der Waals surface area contributed by atoms with Crippen molar-refractivity contribution in [1.29, 1.82) is 0 Å². The zero-order valence-electron chi connectivity index (χ0n) is 10.6. The Morgan fingerprint density at radius 2 is 2.28 bits per heavy atom. The molecule has 1 N–H and O–H groups in total. The van der Waals surface area contributed by atoms with Crippen LogP contribution in [0.5, 0.6) is 5.75 Å². The normalized spacial score (nSPS) is 14.3. The highest BCUT2D eigenvalue weighted by Gasteiger charge is 2.20. The summed E-state index contributed by atoms with van der Waals surface area (Å²) in [6.45, 7) is 1.51. The molecule has 1 fully saturated rings. The predicted molar refractivity (Wildman–Crippen MR) is 68.4 cm³/mol. The molecule has 1 aromatic carbocycles. The Hall–Kier alpha value is -1.55. The van der Waals surface area contributed by atoms with Crippen molar-refractivity contribution in [2.75, 3.05) is 20.2 Å². The summed E-state index contributed by atoms with van der Waals surface area (Å²) in [6.07, 6.45) is 2.57. The van der Waals surface area contributed by atoms with Gasteiger partial charge in [-0.05, 0) is 43.0 Å². The van der Waals surface area contributed by atoms with E-state index >= 15 is 0 Å². The highest BCUT2D eigenvalue weighted by atomic mass is 16.5. The number of carbonyl (C=O) groups excluding carboxylic acids is 1. The Bertz CT molecular complexity index is 402. The van der Waals surface area contributed by atoms with Crippen LogP contribution in [-0.4, -0.2) is 26.2 Å². The Balaban J connectivity index is 1.67. The van der Waals surface area contributed by atoms with Crippen LogP contribution in [0.3, 0.4) is 0 Å². The van der Waals surface area contributed by atoms with Crippen LogP contribution in [-0.2, 0) is 16.1 Å². The highest BCUT2D eigenvalue weighted by Crippen LogP contribution is 2.27. The molecule has 0 bridgehead atoms. The first kappa shape index (κ1) is 12.9. The fraction of sp³-hybridized carbons (Fsp3) is 0.500. The van der Waals surface area contributed by atoms with Crippen molar-refractivity contribution in [3.8, 4) is 5.75 Å². The number of esters is 1. The third-order valence-electron chi connectivity index (χ3n) is 2.93. The van der Waals surface area contributed by atoms with Gasteiger partial charge in [-0.3, -0.25) is 4.79 Å². The van der Waals surface area contributed by atoms with Crippen molar-refractivity contribution in [2.24, 2.45) is 5.92 Å². The molecule has 0 spiro atoms. The molecule has 4 nitrogen and oxygen atoms in total. The minimum atomic E-state index is -0.210. The van der Waals surface area contributed by atoms with Crippen molar-refractivity contribution in [2.45, 2.75) is 19.4 Å². The molecule has 0 aliphatic heterocycles. The van der Waals surface area contributed by atoms with Gasteiger partial charge in [-0.15, -0.1) is 0 Å². The maximum Gasteiger partial charge on any atom is 0.320 e. The number of methoxy groups -OCH3 is 1. The summed E-state index contributed by atoms with van der Waals surface area (Å²) in [5, 5.41) is 3.11. The number of carbonyl (C=O) groups is 1. The van der Waals surface area contributed by atoms with Crippen LogP contribution in [0.15, 0.2) is 24.3 Å². The SMILES string of the molecule is COc1cccc(COC(=O)CNCC2CC2)c1. The number of nitrogens with one attached hydrogen (secondary N) is 1. The fourth-order valence-corrected chi connectivity index (χ4v) is 1.68. The van der Waals surface area contributed by atoms with Gasteiger partial charge in [-0.1, -0.05) is 12.1 Å². The average molecular weight is 249 g/mol. The summed E-state index contributed by atoms with van der Waals surface area (Å²) < 4.78 is 10.3. The predicted octanol–water partition coefficient (Wildman–Crippen LogP) is 1.74. The lowest BCUT2D eigenvalue weighted by atomic mass is 10.2. The van der Waals surface area contributed by atoms with E-state index in [4.69, 9.17) is 9.47 Å². The standard InChI is InChI=1S/C14H19NO3/c1-17-13-4-2-3-12(7-13)10-18-14(16)9-15-8-11-5-6-11/h2-4,7,11,15H,5-6,8-10H2,1H3. The van der Waals surface area contributed by atoms with Gasteiger partial charge in [-0.2, -0.15) is 0 Å². The van der Waals surface area contributed by atoms with E-state index in [2.05, 4.69) is 5.32 Å². The quantitative estimate of drug-likeness (QED) is 0.748. The number of benzene rings is 1. The average Bonchev–Trinajstić information content (AvgIpc) is 3.21. The molecule has 0 radical (unpaired) electrons. The van der Waals surface area contributed by atoms with Crippen LogP contribution in [0.1, 0.15) is 18.4 Å². The molecule has 0 amide bonds. The minimum Gasteiger partial charge on any atom is -0.497 e. The molecule has 0 unspecified atom stereocenters. The second kappa shape index (κ2) is 6.40. The fourth-order valence-electron chi connectivity index (χ4n) is 1.68. The van der Waals surface area contributed by atoms with Crippen LogP contribution in [0.2, 0.25) is 0 Å². The van der Waals surface area contributed by atoms with Crippen molar-refractivity contribution >= 4 is 5.97 Å². The number of rotatable bonds is 7. The minimum absolute atomic E-state index is 0.210. The molecule has 0 saturated heterocycles. The molecular weight excluding hydrogens is 230 g/mol. The maximum absolute atomic E-state index is 11.5. The number of ether oxygens (including phenoxy) is 2. The Labute approximate surface area is 107 Å². The van der Waals surface area contributed by atoms with E-state index in [0.29, 0.717) is 13.2 Å². The maximum atomic E-state index is 11.5. The van der Waals surface area contributed by atoms with Crippen LogP contribution >= 0.6 is 0 Å². The molecule has 98 valence electrons. The van der Waals surface area contributed by atoms with Crippen LogP contribution in [0.25, 0.3) is 0 Å². The molecule has 2 rings (SSSR count). The Kier molecular flexibility index (Phi) is 4.59. The van der Waals surface area contributed by atoms with Gasteiger partial charge in [0, 0.05) is 0 Å². The van der Waals surface area contributed by atoms with E-state index < -0.39 is 0 Å². The number of hydrogen-bond donors (Lipinski definition) is 1. The first-order valence-electron chi connectivity index (χ1n) is 6.27. The zero-order chi connectivity index (χ0) is 12.8. The van der Waals surface area contributed by atoms with Gasteiger partial charge in [0.25, 0.3) is 0 Å². The Morgan fingerprint density at radius 1 is 1.44 bits per heavy atom. The van der Waals surface area contributed by atoms with Gasteiger partial charge in [0.05, 0.1) is 13.7 Å². The monoisotopic (exact) mass is 249 g/mol. The lowest BCUT2D eigenvalue weighted by molar-refractivity contribution is -0.143. The molecule has 1 aliphatic rings. The van der Waals surface area contributed by atoms with Crippen molar-refractivity contribution in [1.82, 2.24) is 5.32 Å². The topological polar surface area (TPSA) is 47.6 Å². The molecule has 1 saturated carbocycles. The first-order valence-corrected chi connectivity index (χ1v) is 6.27. The third kappa shape index (κ3) is 4.37. The molecule has 18 heavy (non-hydrogen) atoms. The zero-order valence-corrected chi connectivity index (χ0v) is 10.6. The summed E-state index contributed by atoms with van der Waals surface area (Å²) in [5.41, 5.74) is 0.935. The van der Waals surface area contributed by atoms with Gasteiger partial charge >= 0.3 is 5.97 Å². The summed E-state index contributed by atoms with van der Waals surface area (Å²) in [7, 11) is 1.62. The van der Waals surface area contributed by atoms with Gasteiger partial charge in [0.1, 0.15) is 12.4 Å². The molecule has 4 heteroatoms. The van der Waals surface area contributed by atoms with Crippen LogP contribution in [0, 0.1) is 5.92 Å². The van der Waals surface area contributed by atoms with Crippen LogP contribution < -0.4 is 10.1 Å². The van der Waals surface area contributed by atoms with Gasteiger partial charge in [0.15, 0.2) is 0 Å². The van der Waals surface area contributed by atoms with Gasteiger partial charge in [-0.25, -0.2) is 0 Å². The van der Waals surface area contributed by atoms with E-state index in [1.165, 1.54) is 12.8 Å². The van der Waals surface area contributed by atoms with E-state index in [1.54, 1.807) is 7.11 Å². The van der Waals surface area contributed by atoms with E-state index in [-0.39, 0.29) is 5.97 Å². The van der Waals surface area contributed by atoms with Crippen molar-refractivity contribution in [3.63, 3.8) is 0 Å². The second-order valence-corrected chi connectivity index (χ2v) is 4.59. The summed E-state index contributed by atoms with van der Waals surface area (Å²) in [4.78, 5) is 11.5. The highest BCUT2D eigenvalue weighted by molar-refractivity contribution is 5.71. The molecule has 0 heterocycles. The lowest BCUT2D eigenvalue weighted by Gasteiger charge is -2.07. The molecule has 1 aliphatic carbocycles. The Morgan fingerprint density at radius 3 is 3.00 bits per heavy atom. The molecule has 0 atom stereocenters. The summed E-state index contributed by atoms with van der Waals surface area (Å²) >= 11 is 0. The van der Waals surface area contributed by atoms with Gasteiger partial charge in [0.2, 0.25) is 0 Å². The van der Waals surface area contributed by atoms with Crippen molar-refractivity contribution < 1.29 is 14.3 Å². The van der Waals surface area contributed by atoms with Crippen LogP contribution in [0.4, 0.5) is 0 Å².